The third kappa shape index (κ3) is 4.36. The van der Waals surface area contributed by atoms with Gasteiger partial charge < -0.3 is 5.32 Å². The van der Waals surface area contributed by atoms with Gasteiger partial charge in [0.15, 0.2) is 0 Å². The number of carbonyl (C=O) groups excluding carboxylic acids is 1. The summed E-state index contributed by atoms with van der Waals surface area (Å²) >= 11 is 9.64. The summed E-state index contributed by atoms with van der Waals surface area (Å²) in [7, 11) is 0. The number of anilines is 1. The molecular formula is C26H22BrClN2O. The molecule has 0 atom stereocenters. The van der Waals surface area contributed by atoms with Gasteiger partial charge in [0.1, 0.15) is 0 Å². The third-order valence-corrected chi connectivity index (χ3v) is 6.83. The summed E-state index contributed by atoms with van der Waals surface area (Å²) in [4.78, 5) is 18.3. The standard InChI is InChI=1S/C26H22BrClN2O/c1-14-9-17(4)25-21(10-14)22(13-23(30-25)18-5-7-19(28)8-6-18)26(31)29-20-11-15(2)24(27)16(3)12-20/h5-13H,1-4H3,(H,29,31). The fraction of sp³-hybridized carbons (Fsp3) is 0.154. The van der Waals surface area contributed by atoms with Crippen LogP contribution in [0.2, 0.25) is 5.02 Å². The van der Waals surface area contributed by atoms with Gasteiger partial charge in [0.05, 0.1) is 16.8 Å². The number of aromatic nitrogens is 1. The molecule has 1 aromatic heterocycles. The second-order valence-electron chi connectivity index (χ2n) is 7.92. The highest BCUT2D eigenvalue weighted by Crippen LogP contribution is 2.30. The number of aryl methyl sites for hydroxylation is 4. The highest BCUT2D eigenvalue weighted by molar-refractivity contribution is 9.10. The van der Waals surface area contributed by atoms with Crippen molar-refractivity contribution in [1.82, 2.24) is 4.98 Å². The molecule has 3 nitrogen and oxygen atoms in total. The Labute approximate surface area is 195 Å². The fourth-order valence-corrected chi connectivity index (χ4v) is 4.21. The molecule has 4 aromatic rings. The average molecular weight is 494 g/mol. The van der Waals surface area contributed by atoms with E-state index in [1.54, 1.807) is 0 Å². The van der Waals surface area contributed by atoms with Crippen LogP contribution in [0, 0.1) is 27.7 Å². The topological polar surface area (TPSA) is 42.0 Å². The first-order valence-electron chi connectivity index (χ1n) is 9.99. The summed E-state index contributed by atoms with van der Waals surface area (Å²) in [5.41, 5.74) is 8.12. The number of pyridine rings is 1. The van der Waals surface area contributed by atoms with Crippen molar-refractivity contribution in [2.75, 3.05) is 5.32 Å². The molecular weight excluding hydrogens is 472 g/mol. The summed E-state index contributed by atoms with van der Waals surface area (Å²) in [5, 5.41) is 4.59. The van der Waals surface area contributed by atoms with E-state index in [9.17, 15) is 4.79 Å². The number of rotatable bonds is 3. The molecule has 5 heteroatoms. The molecule has 0 saturated carbocycles. The molecule has 4 rings (SSSR count). The van der Waals surface area contributed by atoms with Gasteiger partial charge in [0, 0.05) is 26.1 Å². The highest BCUT2D eigenvalue weighted by Gasteiger charge is 2.17. The predicted octanol–water partition coefficient (Wildman–Crippen LogP) is 7.80. The largest absolute Gasteiger partial charge is 0.322 e. The molecule has 0 saturated heterocycles. The lowest BCUT2D eigenvalue weighted by Crippen LogP contribution is -2.14. The van der Waals surface area contributed by atoms with Crippen LogP contribution in [0.5, 0.6) is 0 Å². The van der Waals surface area contributed by atoms with Crippen LogP contribution in [0.4, 0.5) is 5.69 Å². The Bertz CT molecular complexity index is 1310. The van der Waals surface area contributed by atoms with Crippen LogP contribution in [0.1, 0.15) is 32.6 Å². The molecule has 1 amide bonds. The van der Waals surface area contributed by atoms with E-state index in [4.69, 9.17) is 16.6 Å². The van der Waals surface area contributed by atoms with Crippen molar-refractivity contribution in [3.8, 4) is 11.3 Å². The SMILES string of the molecule is Cc1cc(C)c2nc(-c3ccc(Cl)cc3)cc(C(=O)Nc3cc(C)c(Br)c(C)c3)c2c1. The van der Waals surface area contributed by atoms with Crippen LogP contribution >= 0.6 is 27.5 Å². The van der Waals surface area contributed by atoms with Crippen molar-refractivity contribution in [3.05, 3.63) is 91.9 Å². The van der Waals surface area contributed by atoms with E-state index in [2.05, 4.69) is 27.3 Å². The van der Waals surface area contributed by atoms with Gasteiger partial charge in [-0.3, -0.25) is 4.79 Å². The van der Waals surface area contributed by atoms with Crippen LogP contribution in [-0.2, 0) is 0 Å². The Hall–Kier alpha value is -2.69. The normalized spacial score (nSPS) is 11.0. The number of carbonyl (C=O) groups is 1. The number of fused-ring (bicyclic) bond motifs is 1. The van der Waals surface area contributed by atoms with Crippen LogP contribution in [0.25, 0.3) is 22.2 Å². The summed E-state index contributed by atoms with van der Waals surface area (Å²) < 4.78 is 1.05. The number of hydrogen-bond donors (Lipinski definition) is 1. The van der Waals surface area contributed by atoms with Crippen molar-refractivity contribution >= 4 is 50.0 Å². The molecule has 31 heavy (non-hydrogen) atoms. The lowest BCUT2D eigenvalue weighted by atomic mass is 9.99. The first kappa shape index (κ1) is 21.5. The molecule has 0 aliphatic carbocycles. The number of nitrogens with zero attached hydrogens (tertiary/aromatic N) is 1. The zero-order valence-electron chi connectivity index (χ0n) is 17.8. The Morgan fingerprint density at radius 2 is 1.55 bits per heavy atom. The van der Waals surface area contributed by atoms with Crippen molar-refractivity contribution < 1.29 is 4.79 Å². The van der Waals surface area contributed by atoms with Crippen LogP contribution in [0.3, 0.4) is 0 Å². The van der Waals surface area contributed by atoms with Crippen molar-refractivity contribution in [2.24, 2.45) is 0 Å². The minimum atomic E-state index is -0.159. The molecule has 0 fully saturated rings. The maximum atomic E-state index is 13.4. The van der Waals surface area contributed by atoms with E-state index in [0.29, 0.717) is 10.6 Å². The Balaban J connectivity index is 1.86. The number of benzene rings is 3. The number of halogens is 2. The summed E-state index contributed by atoms with van der Waals surface area (Å²) in [5.74, 6) is -0.159. The summed E-state index contributed by atoms with van der Waals surface area (Å²) in [6.07, 6.45) is 0. The summed E-state index contributed by atoms with van der Waals surface area (Å²) in [6, 6.07) is 17.4. The first-order chi connectivity index (χ1) is 14.7. The van der Waals surface area contributed by atoms with E-state index in [1.165, 1.54) is 0 Å². The molecule has 0 radical (unpaired) electrons. The fourth-order valence-electron chi connectivity index (χ4n) is 3.85. The van der Waals surface area contributed by atoms with Crippen molar-refractivity contribution in [2.45, 2.75) is 27.7 Å². The molecule has 0 spiro atoms. The molecule has 3 aromatic carbocycles. The smallest absolute Gasteiger partial charge is 0.256 e. The van der Waals surface area contributed by atoms with Gasteiger partial charge in [0.2, 0.25) is 0 Å². The molecule has 1 N–H and O–H groups in total. The van der Waals surface area contributed by atoms with Crippen molar-refractivity contribution in [1.29, 1.82) is 0 Å². The Kier molecular flexibility index (Phi) is 5.87. The first-order valence-corrected chi connectivity index (χ1v) is 11.2. The zero-order valence-corrected chi connectivity index (χ0v) is 20.1. The molecule has 0 bridgehead atoms. The lowest BCUT2D eigenvalue weighted by Gasteiger charge is -2.14. The number of hydrogen-bond acceptors (Lipinski definition) is 2. The molecule has 1 heterocycles. The van der Waals surface area contributed by atoms with Gasteiger partial charge in [-0.2, -0.15) is 0 Å². The van der Waals surface area contributed by atoms with Crippen LogP contribution in [-0.4, -0.2) is 10.9 Å². The average Bonchev–Trinajstić information content (AvgIpc) is 2.72. The maximum Gasteiger partial charge on any atom is 0.256 e. The molecule has 0 aliphatic heterocycles. The molecule has 0 aliphatic rings. The lowest BCUT2D eigenvalue weighted by molar-refractivity contribution is 0.102. The highest BCUT2D eigenvalue weighted by atomic mass is 79.9. The van der Waals surface area contributed by atoms with Gasteiger partial charge in [-0.05, 0) is 80.8 Å². The quantitative estimate of drug-likeness (QED) is 0.316. The molecule has 0 unspecified atom stereocenters. The second kappa shape index (κ2) is 8.45. The van der Waals surface area contributed by atoms with Gasteiger partial charge >= 0.3 is 0 Å². The summed E-state index contributed by atoms with van der Waals surface area (Å²) in [6.45, 7) is 8.08. The van der Waals surface area contributed by atoms with E-state index in [-0.39, 0.29) is 5.91 Å². The monoisotopic (exact) mass is 492 g/mol. The third-order valence-electron chi connectivity index (χ3n) is 5.33. The van der Waals surface area contributed by atoms with Gasteiger partial charge in [-0.15, -0.1) is 0 Å². The van der Waals surface area contributed by atoms with Crippen LogP contribution in [0.15, 0.2) is 59.1 Å². The van der Waals surface area contributed by atoms with E-state index < -0.39 is 0 Å². The predicted molar refractivity (Wildman–Crippen MR) is 133 cm³/mol. The Morgan fingerprint density at radius 3 is 2.19 bits per heavy atom. The van der Waals surface area contributed by atoms with Crippen molar-refractivity contribution in [3.63, 3.8) is 0 Å². The second-order valence-corrected chi connectivity index (χ2v) is 9.15. The minimum Gasteiger partial charge on any atom is -0.322 e. The maximum absolute atomic E-state index is 13.4. The van der Waals surface area contributed by atoms with Gasteiger partial charge in [-0.25, -0.2) is 4.98 Å². The number of amides is 1. The zero-order chi connectivity index (χ0) is 22.3. The molecule has 156 valence electrons. The van der Waals surface area contributed by atoms with E-state index in [0.717, 1.165) is 54.6 Å². The van der Waals surface area contributed by atoms with E-state index in [1.807, 2.05) is 76.2 Å². The Morgan fingerprint density at radius 1 is 0.903 bits per heavy atom. The number of nitrogens with one attached hydrogen (secondary N) is 1. The minimum absolute atomic E-state index is 0.159. The van der Waals surface area contributed by atoms with E-state index >= 15 is 0 Å². The van der Waals surface area contributed by atoms with Gasteiger partial charge in [0.25, 0.3) is 5.91 Å². The van der Waals surface area contributed by atoms with Crippen LogP contribution < -0.4 is 5.32 Å². The van der Waals surface area contributed by atoms with Gasteiger partial charge in [-0.1, -0.05) is 51.3 Å².